The second-order valence-corrected chi connectivity index (χ2v) is 4.29. The van der Waals surface area contributed by atoms with Crippen molar-refractivity contribution in [3.05, 3.63) is 47.4 Å². The molecule has 5 nitrogen and oxygen atoms in total. The zero-order valence-corrected chi connectivity index (χ0v) is 11.9. The van der Waals surface area contributed by atoms with E-state index in [4.69, 9.17) is 14.9 Å². The van der Waals surface area contributed by atoms with E-state index in [1.807, 2.05) is 0 Å². The fraction of sp³-hybridized carbons (Fsp3) is 0.188. The van der Waals surface area contributed by atoms with Crippen LogP contribution in [0.4, 0.5) is 5.69 Å². The molecule has 1 heterocycles. The Morgan fingerprint density at radius 1 is 1.38 bits per heavy atom. The van der Waals surface area contributed by atoms with Crippen molar-refractivity contribution in [2.75, 3.05) is 19.0 Å². The first kappa shape index (κ1) is 14.7. The monoisotopic (exact) mass is 284 g/mol. The molecule has 0 saturated heterocycles. The third-order valence-electron chi connectivity index (χ3n) is 2.75. The van der Waals surface area contributed by atoms with Crippen LogP contribution in [0.1, 0.15) is 21.9 Å². The SMILES string of the molecule is COc1ccc(C#CCN)cc1NC(=O)c1ccc(C)o1. The highest BCUT2D eigenvalue weighted by Gasteiger charge is 2.13. The lowest BCUT2D eigenvalue weighted by atomic mass is 10.2. The van der Waals surface area contributed by atoms with Crippen molar-refractivity contribution in [1.82, 2.24) is 0 Å². The first-order valence-corrected chi connectivity index (χ1v) is 6.39. The Morgan fingerprint density at radius 2 is 2.19 bits per heavy atom. The number of ether oxygens (including phenoxy) is 1. The fourth-order valence-electron chi connectivity index (χ4n) is 1.78. The zero-order chi connectivity index (χ0) is 15.2. The van der Waals surface area contributed by atoms with Crippen molar-refractivity contribution in [3.8, 4) is 17.6 Å². The topological polar surface area (TPSA) is 77.5 Å². The van der Waals surface area contributed by atoms with Gasteiger partial charge in [0.15, 0.2) is 5.76 Å². The predicted octanol–water partition coefficient (Wildman–Crippen LogP) is 2.16. The molecule has 0 radical (unpaired) electrons. The van der Waals surface area contributed by atoms with Crippen LogP contribution in [-0.2, 0) is 0 Å². The van der Waals surface area contributed by atoms with Gasteiger partial charge in [0.2, 0.25) is 0 Å². The van der Waals surface area contributed by atoms with Gasteiger partial charge in [0.25, 0.3) is 5.91 Å². The van der Waals surface area contributed by atoms with Crippen LogP contribution in [-0.4, -0.2) is 19.6 Å². The lowest BCUT2D eigenvalue weighted by Crippen LogP contribution is -2.12. The average Bonchev–Trinajstić information content (AvgIpc) is 2.92. The molecule has 1 amide bonds. The molecule has 0 atom stereocenters. The lowest BCUT2D eigenvalue weighted by Gasteiger charge is -2.09. The van der Waals surface area contributed by atoms with E-state index in [-0.39, 0.29) is 18.2 Å². The summed E-state index contributed by atoms with van der Waals surface area (Å²) in [5.41, 5.74) is 6.62. The van der Waals surface area contributed by atoms with E-state index < -0.39 is 0 Å². The highest BCUT2D eigenvalue weighted by molar-refractivity contribution is 6.03. The lowest BCUT2D eigenvalue weighted by molar-refractivity contribution is 0.0995. The van der Waals surface area contributed by atoms with Crippen molar-refractivity contribution < 1.29 is 13.9 Å². The largest absolute Gasteiger partial charge is 0.495 e. The summed E-state index contributed by atoms with van der Waals surface area (Å²) in [4.78, 5) is 12.1. The molecular weight excluding hydrogens is 268 g/mol. The molecule has 2 aromatic rings. The van der Waals surface area contributed by atoms with Crippen LogP contribution in [0.25, 0.3) is 0 Å². The van der Waals surface area contributed by atoms with E-state index in [1.165, 1.54) is 7.11 Å². The van der Waals surface area contributed by atoms with Crippen molar-refractivity contribution in [2.24, 2.45) is 5.73 Å². The standard InChI is InChI=1S/C16H16N2O3/c1-11-5-7-15(21-11)16(19)18-13-10-12(4-3-9-17)6-8-14(13)20-2/h5-8,10H,9,17H2,1-2H3,(H,18,19). The van der Waals surface area contributed by atoms with Gasteiger partial charge in [-0.05, 0) is 37.3 Å². The van der Waals surface area contributed by atoms with Gasteiger partial charge in [-0.3, -0.25) is 4.79 Å². The molecule has 0 bridgehead atoms. The summed E-state index contributed by atoms with van der Waals surface area (Å²) in [6.45, 7) is 2.06. The van der Waals surface area contributed by atoms with E-state index in [0.717, 1.165) is 5.56 Å². The number of carbonyl (C=O) groups excluding carboxylic acids is 1. The molecule has 5 heteroatoms. The highest BCUT2D eigenvalue weighted by atomic mass is 16.5. The third-order valence-corrected chi connectivity index (χ3v) is 2.75. The number of benzene rings is 1. The molecular formula is C16H16N2O3. The van der Waals surface area contributed by atoms with Crippen LogP contribution >= 0.6 is 0 Å². The molecule has 0 unspecified atom stereocenters. The van der Waals surface area contributed by atoms with Gasteiger partial charge < -0.3 is 20.2 Å². The fourth-order valence-corrected chi connectivity index (χ4v) is 1.78. The molecule has 108 valence electrons. The van der Waals surface area contributed by atoms with Gasteiger partial charge in [-0.25, -0.2) is 0 Å². The highest BCUT2D eigenvalue weighted by Crippen LogP contribution is 2.26. The molecule has 0 saturated carbocycles. The predicted molar refractivity (Wildman–Crippen MR) is 80.3 cm³/mol. The second kappa shape index (κ2) is 6.64. The normalized spacial score (nSPS) is 9.67. The number of furan rings is 1. The summed E-state index contributed by atoms with van der Waals surface area (Å²) in [7, 11) is 1.53. The molecule has 3 N–H and O–H groups in total. The Balaban J connectivity index is 2.26. The number of nitrogens with one attached hydrogen (secondary N) is 1. The number of rotatable bonds is 3. The molecule has 2 rings (SSSR count). The van der Waals surface area contributed by atoms with Crippen LogP contribution in [0.3, 0.4) is 0 Å². The Kier molecular flexibility index (Phi) is 4.64. The number of amides is 1. The van der Waals surface area contributed by atoms with Gasteiger partial charge in [0, 0.05) is 5.56 Å². The van der Waals surface area contributed by atoms with E-state index in [2.05, 4.69) is 17.2 Å². The minimum Gasteiger partial charge on any atom is -0.495 e. The minimum absolute atomic E-state index is 0.244. The summed E-state index contributed by atoms with van der Waals surface area (Å²) in [5.74, 6) is 6.79. The van der Waals surface area contributed by atoms with Crippen molar-refractivity contribution in [3.63, 3.8) is 0 Å². The maximum atomic E-state index is 12.1. The summed E-state index contributed by atoms with van der Waals surface area (Å²) < 4.78 is 10.5. The van der Waals surface area contributed by atoms with Gasteiger partial charge in [0.05, 0.1) is 19.3 Å². The maximum absolute atomic E-state index is 12.1. The van der Waals surface area contributed by atoms with Crippen molar-refractivity contribution >= 4 is 11.6 Å². The summed E-state index contributed by atoms with van der Waals surface area (Å²) in [5, 5.41) is 2.75. The van der Waals surface area contributed by atoms with Gasteiger partial charge in [-0.1, -0.05) is 11.8 Å². The summed E-state index contributed by atoms with van der Waals surface area (Å²) >= 11 is 0. The van der Waals surface area contributed by atoms with E-state index in [1.54, 1.807) is 37.3 Å². The Bertz CT molecular complexity index is 708. The number of hydrogen-bond acceptors (Lipinski definition) is 4. The molecule has 0 aliphatic heterocycles. The molecule has 0 aliphatic carbocycles. The minimum atomic E-state index is -0.342. The number of aryl methyl sites for hydroxylation is 1. The number of methoxy groups -OCH3 is 1. The van der Waals surface area contributed by atoms with Crippen LogP contribution < -0.4 is 15.8 Å². The number of carbonyl (C=O) groups is 1. The average molecular weight is 284 g/mol. The van der Waals surface area contributed by atoms with Crippen LogP contribution in [0.5, 0.6) is 5.75 Å². The van der Waals surface area contributed by atoms with E-state index in [0.29, 0.717) is 17.2 Å². The van der Waals surface area contributed by atoms with Gasteiger partial charge in [-0.15, -0.1) is 0 Å². The van der Waals surface area contributed by atoms with Gasteiger partial charge in [0.1, 0.15) is 11.5 Å². The smallest absolute Gasteiger partial charge is 0.291 e. The zero-order valence-electron chi connectivity index (χ0n) is 11.9. The molecule has 0 spiro atoms. The number of hydrogen-bond donors (Lipinski definition) is 2. The molecule has 0 fully saturated rings. The van der Waals surface area contributed by atoms with Crippen molar-refractivity contribution in [1.29, 1.82) is 0 Å². The third kappa shape index (κ3) is 3.65. The van der Waals surface area contributed by atoms with Crippen LogP contribution in [0.2, 0.25) is 0 Å². The second-order valence-electron chi connectivity index (χ2n) is 4.29. The molecule has 0 aliphatic rings. The molecule has 21 heavy (non-hydrogen) atoms. The van der Waals surface area contributed by atoms with Gasteiger partial charge in [-0.2, -0.15) is 0 Å². The first-order valence-electron chi connectivity index (χ1n) is 6.39. The Hall–Kier alpha value is -2.71. The first-order chi connectivity index (χ1) is 10.1. The Morgan fingerprint density at radius 3 is 2.81 bits per heavy atom. The summed E-state index contributed by atoms with van der Waals surface area (Å²) in [6.07, 6.45) is 0. The van der Waals surface area contributed by atoms with Crippen molar-refractivity contribution in [2.45, 2.75) is 6.92 Å². The number of nitrogens with two attached hydrogens (primary N) is 1. The van der Waals surface area contributed by atoms with Gasteiger partial charge >= 0.3 is 0 Å². The maximum Gasteiger partial charge on any atom is 0.291 e. The van der Waals surface area contributed by atoms with E-state index in [9.17, 15) is 4.79 Å². The molecule has 1 aromatic heterocycles. The van der Waals surface area contributed by atoms with Crippen LogP contribution in [0, 0.1) is 18.8 Å². The quantitative estimate of drug-likeness (QED) is 0.847. The number of anilines is 1. The summed E-state index contributed by atoms with van der Waals surface area (Å²) in [6, 6.07) is 8.62. The van der Waals surface area contributed by atoms with E-state index >= 15 is 0 Å². The van der Waals surface area contributed by atoms with Crippen LogP contribution in [0.15, 0.2) is 34.7 Å². The Labute approximate surface area is 123 Å². The molecule has 1 aromatic carbocycles.